The number of nitrogens with two attached hydrogens (primary N) is 1. The van der Waals surface area contributed by atoms with Gasteiger partial charge in [0.1, 0.15) is 0 Å². The van der Waals surface area contributed by atoms with Crippen molar-refractivity contribution in [2.45, 2.75) is 31.4 Å². The smallest absolute Gasteiger partial charge is 0.244 e. The van der Waals surface area contributed by atoms with Crippen molar-refractivity contribution < 1.29 is 8.42 Å². The molecular formula is C22H26N6O2S. The van der Waals surface area contributed by atoms with E-state index in [1.165, 1.54) is 16.4 Å². The van der Waals surface area contributed by atoms with Gasteiger partial charge in [-0.05, 0) is 36.8 Å². The lowest BCUT2D eigenvalue weighted by atomic mass is 9.98. The van der Waals surface area contributed by atoms with Crippen LogP contribution < -0.4 is 11.2 Å². The maximum absolute atomic E-state index is 13.0. The third-order valence-electron chi connectivity index (χ3n) is 5.70. The highest BCUT2D eigenvalue weighted by molar-refractivity contribution is 7.89. The van der Waals surface area contributed by atoms with Crippen LogP contribution in [0.2, 0.25) is 0 Å². The Kier molecular flexibility index (Phi) is 6.11. The quantitative estimate of drug-likeness (QED) is 0.606. The minimum atomic E-state index is -3.64. The van der Waals surface area contributed by atoms with E-state index in [-0.39, 0.29) is 5.75 Å². The molecule has 1 aliphatic rings. The molecular weight excluding hydrogens is 412 g/mol. The molecule has 9 heteroatoms. The van der Waals surface area contributed by atoms with Gasteiger partial charge in [-0.2, -0.15) is 5.26 Å². The van der Waals surface area contributed by atoms with Crippen LogP contribution >= 0.6 is 0 Å². The molecule has 2 aromatic heterocycles. The molecule has 0 aliphatic carbocycles. The van der Waals surface area contributed by atoms with Crippen LogP contribution in [0.1, 0.15) is 31.2 Å². The molecule has 31 heavy (non-hydrogen) atoms. The van der Waals surface area contributed by atoms with Gasteiger partial charge in [-0.3, -0.25) is 0 Å². The zero-order chi connectivity index (χ0) is 21.8. The van der Waals surface area contributed by atoms with E-state index < -0.39 is 10.0 Å². The van der Waals surface area contributed by atoms with Crippen molar-refractivity contribution in [3.8, 4) is 6.07 Å². The van der Waals surface area contributed by atoms with Gasteiger partial charge in [0.15, 0.2) is 5.65 Å². The Labute approximate surface area is 182 Å². The lowest BCUT2D eigenvalue weighted by molar-refractivity contribution is 0.337. The fraction of sp³-hybridized carbons (Fsp3) is 0.364. The van der Waals surface area contributed by atoms with E-state index in [4.69, 9.17) is 11.0 Å². The number of nitrogens with zero attached hydrogens (tertiary/aromatic N) is 4. The topological polar surface area (TPSA) is 117 Å². The second-order valence-corrected chi connectivity index (χ2v) is 9.78. The number of nitrogens with one attached hydrogen (secondary N) is 1. The summed E-state index contributed by atoms with van der Waals surface area (Å²) in [7, 11) is -3.64. The molecule has 1 atom stereocenters. The maximum Gasteiger partial charge on any atom is 0.244 e. The van der Waals surface area contributed by atoms with Crippen molar-refractivity contribution in [2.24, 2.45) is 5.92 Å². The summed E-state index contributed by atoms with van der Waals surface area (Å²) in [6.45, 7) is 1.63. The Morgan fingerprint density at radius 3 is 2.77 bits per heavy atom. The first-order chi connectivity index (χ1) is 15.0. The minimum absolute atomic E-state index is 0.112. The third-order valence-corrected chi connectivity index (χ3v) is 7.29. The number of nitriles is 1. The van der Waals surface area contributed by atoms with Crippen molar-refractivity contribution in [3.05, 3.63) is 54.4 Å². The number of anilines is 2. The van der Waals surface area contributed by atoms with Gasteiger partial charge in [0.25, 0.3) is 0 Å². The second-order valence-electron chi connectivity index (χ2n) is 7.94. The number of hydrazine groups is 1. The molecule has 0 radical (unpaired) electrons. The molecule has 0 spiro atoms. The fourth-order valence-electron chi connectivity index (χ4n) is 4.05. The predicted octanol–water partition coefficient (Wildman–Crippen LogP) is 3.34. The number of aromatic nitrogens is 2. The van der Waals surface area contributed by atoms with Gasteiger partial charge >= 0.3 is 0 Å². The summed E-state index contributed by atoms with van der Waals surface area (Å²) >= 11 is 0. The summed E-state index contributed by atoms with van der Waals surface area (Å²) in [6.07, 6.45) is 6.56. The first kappa shape index (κ1) is 21.2. The number of nitrogen functional groups attached to an aromatic ring is 1. The van der Waals surface area contributed by atoms with Crippen LogP contribution in [0.3, 0.4) is 0 Å². The van der Waals surface area contributed by atoms with E-state index in [1.54, 1.807) is 18.2 Å². The normalized spacial score (nSPS) is 17.8. The molecule has 1 aromatic carbocycles. The van der Waals surface area contributed by atoms with Crippen molar-refractivity contribution >= 4 is 32.4 Å². The minimum Gasteiger partial charge on any atom is -0.396 e. The second kappa shape index (κ2) is 8.96. The number of rotatable bonds is 6. The molecule has 1 aliphatic heterocycles. The zero-order valence-electron chi connectivity index (χ0n) is 17.2. The van der Waals surface area contributed by atoms with Gasteiger partial charge < -0.3 is 11.2 Å². The lowest BCUT2D eigenvalue weighted by Gasteiger charge is -2.24. The predicted molar refractivity (Wildman–Crippen MR) is 121 cm³/mol. The lowest BCUT2D eigenvalue weighted by Crippen LogP contribution is -2.31. The largest absolute Gasteiger partial charge is 0.396 e. The fourth-order valence-corrected chi connectivity index (χ4v) is 5.46. The van der Waals surface area contributed by atoms with E-state index in [2.05, 4.69) is 21.5 Å². The van der Waals surface area contributed by atoms with Crippen LogP contribution in [0.4, 0.5) is 11.4 Å². The molecule has 0 amide bonds. The van der Waals surface area contributed by atoms with Crippen molar-refractivity contribution in [1.29, 1.82) is 5.26 Å². The molecule has 8 nitrogen and oxygen atoms in total. The van der Waals surface area contributed by atoms with E-state index >= 15 is 0 Å². The van der Waals surface area contributed by atoms with Crippen LogP contribution in [-0.4, -0.2) is 35.5 Å². The third kappa shape index (κ3) is 4.65. The molecule has 0 saturated carbocycles. The Balaban J connectivity index is 1.60. The van der Waals surface area contributed by atoms with Gasteiger partial charge in [-0.25, -0.2) is 22.4 Å². The first-order valence-corrected chi connectivity index (χ1v) is 12.0. The highest BCUT2D eigenvalue weighted by Gasteiger charge is 2.22. The Morgan fingerprint density at radius 2 is 2.00 bits per heavy atom. The van der Waals surface area contributed by atoms with E-state index in [0.29, 0.717) is 34.7 Å². The molecule has 162 valence electrons. The maximum atomic E-state index is 13.0. The van der Waals surface area contributed by atoms with Crippen LogP contribution in [0.25, 0.3) is 11.0 Å². The standard InChI is InChI=1S/C22H26N6O2S/c23-11-8-17-7-4-12-27(13-9-17)26-21-19-10-14-28(22(19)25-15-20(21)24)31(29,30)16-18-5-2-1-3-6-18/h1-3,5-6,10,14-15,17H,4,7-9,12-13,16,24H2,(H,25,26). The summed E-state index contributed by atoms with van der Waals surface area (Å²) in [5.74, 6) is 0.301. The monoisotopic (exact) mass is 438 g/mol. The summed E-state index contributed by atoms with van der Waals surface area (Å²) in [6, 6.07) is 13.1. The average Bonchev–Trinajstić information content (AvgIpc) is 3.07. The average molecular weight is 439 g/mol. The van der Waals surface area contributed by atoms with Gasteiger partial charge in [0.05, 0.1) is 29.4 Å². The molecule has 3 aromatic rings. The molecule has 1 fully saturated rings. The van der Waals surface area contributed by atoms with Crippen LogP contribution in [0.15, 0.2) is 48.8 Å². The Morgan fingerprint density at radius 1 is 1.19 bits per heavy atom. The molecule has 3 heterocycles. The van der Waals surface area contributed by atoms with Gasteiger partial charge in [-0.1, -0.05) is 30.3 Å². The first-order valence-electron chi connectivity index (χ1n) is 10.4. The number of benzene rings is 1. The van der Waals surface area contributed by atoms with Crippen molar-refractivity contribution in [3.63, 3.8) is 0 Å². The number of hydrogen-bond acceptors (Lipinski definition) is 7. The number of fused-ring (bicyclic) bond motifs is 1. The zero-order valence-corrected chi connectivity index (χ0v) is 18.1. The van der Waals surface area contributed by atoms with E-state index in [9.17, 15) is 8.42 Å². The van der Waals surface area contributed by atoms with E-state index in [1.807, 2.05) is 18.2 Å². The van der Waals surface area contributed by atoms with Gasteiger partial charge in [-0.15, -0.1) is 0 Å². The number of pyridine rings is 1. The van der Waals surface area contributed by atoms with Gasteiger partial charge in [0.2, 0.25) is 10.0 Å². The van der Waals surface area contributed by atoms with Gasteiger partial charge in [0, 0.05) is 31.1 Å². The van der Waals surface area contributed by atoms with Crippen molar-refractivity contribution in [2.75, 3.05) is 24.2 Å². The molecule has 0 bridgehead atoms. The molecule has 4 rings (SSSR count). The summed E-state index contributed by atoms with van der Waals surface area (Å²) in [4.78, 5) is 4.32. The Bertz CT molecular complexity index is 1200. The van der Waals surface area contributed by atoms with Crippen LogP contribution in [-0.2, 0) is 15.8 Å². The van der Waals surface area contributed by atoms with Crippen molar-refractivity contribution in [1.82, 2.24) is 14.0 Å². The Hall–Kier alpha value is -3.09. The summed E-state index contributed by atoms with van der Waals surface area (Å²) in [5, 5.41) is 11.7. The molecule has 1 unspecified atom stereocenters. The van der Waals surface area contributed by atoms with E-state index in [0.717, 1.165) is 37.9 Å². The molecule has 3 N–H and O–H groups in total. The highest BCUT2D eigenvalue weighted by Crippen LogP contribution is 2.31. The highest BCUT2D eigenvalue weighted by atomic mass is 32.2. The SMILES string of the molecule is N#CCC1CCCN(Nc2c(N)cnc3c2ccn3S(=O)(=O)Cc2ccccc2)CC1. The summed E-state index contributed by atoms with van der Waals surface area (Å²) < 4.78 is 27.3. The summed E-state index contributed by atoms with van der Waals surface area (Å²) in [5.41, 5.74) is 11.8. The molecule has 1 saturated heterocycles. The van der Waals surface area contributed by atoms with Crippen LogP contribution in [0, 0.1) is 17.2 Å². The number of hydrogen-bond donors (Lipinski definition) is 2. The van der Waals surface area contributed by atoms with Crippen LogP contribution in [0.5, 0.6) is 0 Å².